The zero-order valence-corrected chi connectivity index (χ0v) is 13.3. The van der Waals surface area contributed by atoms with Crippen molar-refractivity contribution in [2.45, 2.75) is 51.6 Å². The van der Waals surface area contributed by atoms with Crippen molar-refractivity contribution in [1.82, 2.24) is 5.32 Å². The summed E-state index contributed by atoms with van der Waals surface area (Å²) in [6, 6.07) is 1.65. The van der Waals surface area contributed by atoms with E-state index in [2.05, 4.69) is 5.32 Å². The number of hydrogen-bond donors (Lipinski definition) is 1. The SMILES string of the molecule is CC(=O)c1csc(C(=O)NCCOC2CCCCCC2)c1. The second-order valence-corrected chi connectivity index (χ2v) is 6.41. The molecule has 21 heavy (non-hydrogen) atoms. The Bertz CT molecular complexity index is 476. The average molecular weight is 309 g/mol. The number of amides is 1. The second kappa shape index (κ2) is 8.29. The third kappa shape index (κ3) is 5.25. The molecule has 0 unspecified atom stereocenters. The third-order valence-corrected chi connectivity index (χ3v) is 4.70. The van der Waals surface area contributed by atoms with Gasteiger partial charge in [-0.05, 0) is 25.8 Å². The second-order valence-electron chi connectivity index (χ2n) is 5.50. The van der Waals surface area contributed by atoms with Crippen molar-refractivity contribution in [3.8, 4) is 0 Å². The molecule has 0 bridgehead atoms. The molecule has 0 atom stereocenters. The third-order valence-electron chi connectivity index (χ3n) is 3.77. The van der Waals surface area contributed by atoms with Crippen LogP contribution in [0.4, 0.5) is 0 Å². The Labute approximate surface area is 129 Å². The summed E-state index contributed by atoms with van der Waals surface area (Å²) >= 11 is 1.30. The van der Waals surface area contributed by atoms with Crippen LogP contribution < -0.4 is 5.32 Å². The lowest BCUT2D eigenvalue weighted by Gasteiger charge is -2.15. The highest BCUT2D eigenvalue weighted by Gasteiger charge is 2.13. The molecule has 0 saturated heterocycles. The lowest BCUT2D eigenvalue weighted by atomic mass is 10.1. The van der Waals surface area contributed by atoms with E-state index in [4.69, 9.17) is 4.74 Å². The van der Waals surface area contributed by atoms with Gasteiger partial charge in [0.25, 0.3) is 5.91 Å². The van der Waals surface area contributed by atoms with Gasteiger partial charge in [-0.3, -0.25) is 9.59 Å². The van der Waals surface area contributed by atoms with Gasteiger partial charge in [0.05, 0.1) is 17.6 Å². The molecule has 5 heteroatoms. The van der Waals surface area contributed by atoms with Crippen molar-refractivity contribution in [3.05, 3.63) is 21.9 Å². The zero-order valence-electron chi connectivity index (χ0n) is 12.5. The molecular weight excluding hydrogens is 286 g/mol. The van der Waals surface area contributed by atoms with Gasteiger partial charge in [0.1, 0.15) is 0 Å². The molecule has 1 fully saturated rings. The molecule has 2 rings (SSSR count). The van der Waals surface area contributed by atoms with Gasteiger partial charge < -0.3 is 10.1 Å². The van der Waals surface area contributed by atoms with Crippen LogP contribution >= 0.6 is 11.3 Å². The molecule has 1 aromatic heterocycles. The number of carbonyl (C=O) groups excluding carboxylic acids is 2. The highest BCUT2D eigenvalue weighted by Crippen LogP contribution is 2.19. The largest absolute Gasteiger partial charge is 0.376 e. The Balaban J connectivity index is 1.67. The first kappa shape index (κ1) is 16.2. The van der Waals surface area contributed by atoms with Crippen LogP contribution in [-0.2, 0) is 4.74 Å². The van der Waals surface area contributed by atoms with Crippen molar-refractivity contribution in [1.29, 1.82) is 0 Å². The summed E-state index contributed by atoms with van der Waals surface area (Å²) in [6.45, 7) is 2.58. The van der Waals surface area contributed by atoms with Gasteiger partial charge in [0.2, 0.25) is 0 Å². The Morgan fingerprint density at radius 2 is 2.00 bits per heavy atom. The minimum absolute atomic E-state index is 0.0120. The maximum absolute atomic E-state index is 11.9. The molecule has 116 valence electrons. The number of ether oxygens (including phenoxy) is 1. The van der Waals surface area contributed by atoms with Gasteiger partial charge in [-0.25, -0.2) is 0 Å². The summed E-state index contributed by atoms with van der Waals surface area (Å²) in [4.78, 5) is 23.7. The minimum atomic E-state index is -0.128. The fraction of sp³-hybridized carbons (Fsp3) is 0.625. The summed E-state index contributed by atoms with van der Waals surface area (Å²) < 4.78 is 5.83. The van der Waals surface area contributed by atoms with E-state index in [9.17, 15) is 9.59 Å². The van der Waals surface area contributed by atoms with Crippen molar-refractivity contribution < 1.29 is 14.3 Å². The van der Waals surface area contributed by atoms with Crippen molar-refractivity contribution >= 4 is 23.0 Å². The molecule has 0 aliphatic heterocycles. The first-order chi connectivity index (χ1) is 10.2. The fourth-order valence-corrected chi connectivity index (χ4v) is 3.39. The van der Waals surface area contributed by atoms with Gasteiger partial charge in [-0.1, -0.05) is 25.7 Å². The molecule has 1 heterocycles. The molecule has 0 radical (unpaired) electrons. The molecule has 4 nitrogen and oxygen atoms in total. The monoisotopic (exact) mass is 309 g/mol. The predicted octanol–water partition coefficient (Wildman–Crippen LogP) is 3.42. The molecule has 1 saturated carbocycles. The highest BCUT2D eigenvalue weighted by atomic mass is 32.1. The van der Waals surface area contributed by atoms with E-state index in [1.807, 2.05) is 0 Å². The number of hydrogen-bond acceptors (Lipinski definition) is 4. The number of carbonyl (C=O) groups is 2. The van der Waals surface area contributed by atoms with Gasteiger partial charge in [0.15, 0.2) is 5.78 Å². The van der Waals surface area contributed by atoms with Crippen molar-refractivity contribution in [2.24, 2.45) is 0 Å². The Kier molecular flexibility index (Phi) is 6.39. The van der Waals surface area contributed by atoms with Crippen molar-refractivity contribution in [2.75, 3.05) is 13.2 Å². The number of thiophene rings is 1. The molecule has 0 aromatic carbocycles. The number of nitrogens with one attached hydrogen (secondary N) is 1. The first-order valence-electron chi connectivity index (χ1n) is 7.66. The summed E-state index contributed by atoms with van der Waals surface area (Å²) in [7, 11) is 0. The summed E-state index contributed by atoms with van der Waals surface area (Å²) in [5.41, 5.74) is 0.597. The fourth-order valence-electron chi connectivity index (χ4n) is 2.53. The zero-order chi connectivity index (χ0) is 15.1. The predicted molar refractivity (Wildman–Crippen MR) is 84.1 cm³/mol. The summed E-state index contributed by atoms with van der Waals surface area (Å²) in [5, 5.41) is 4.56. The van der Waals surface area contributed by atoms with Gasteiger partial charge in [-0.15, -0.1) is 11.3 Å². The molecule has 1 aliphatic rings. The molecule has 1 amide bonds. The highest BCUT2D eigenvalue weighted by molar-refractivity contribution is 7.12. The van der Waals surface area contributed by atoms with Crippen LogP contribution in [0.3, 0.4) is 0 Å². The molecule has 1 aromatic rings. The van der Waals surface area contributed by atoms with E-state index >= 15 is 0 Å². The molecule has 0 spiro atoms. The maximum Gasteiger partial charge on any atom is 0.261 e. The summed E-state index contributed by atoms with van der Waals surface area (Å²) in [5.74, 6) is -0.140. The topological polar surface area (TPSA) is 55.4 Å². The van der Waals surface area contributed by atoms with E-state index in [0.29, 0.717) is 29.7 Å². The number of ketones is 1. The van der Waals surface area contributed by atoms with E-state index in [1.54, 1.807) is 11.4 Å². The molecular formula is C16H23NO3S. The minimum Gasteiger partial charge on any atom is -0.376 e. The van der Waals surface area contributed by atoms with Gasteiger partial charge in [0, 0.05) is 17.5 Å². The average Bonchev–Trinajstić information content (AvgIpc) is 2.82. The van der Waals surface area contributed by atoms with Crippen LogP contribution in [-0.4, -0.2) is 30.9 Å². The Morgan fingerprint density at radius 1 is 1.29 bits per heavy atom. The normalized spacial score (nSPS) is 16.4. The van der Waals surface area contributed by atoms with Gasteiger partial charge >= 0.3 is 0 Å². The van der Waals surface area contributed by atoms with Crippen LogP contribution in [0.1, 0.15) is 65.5 Å². The number of rotatable bonds is 6. The smallest absolute Gasteiger partial charge is 0.261 e. The summed E-state index contributed by atoms with van der Waals surface area (Å²) in [6.07, 6.45) is 7.76. The molecule has 1 aliphatic carbocycles. The van der Waals surface area contributed by atoms with E-state index < -0.39 is 0 Å². The molecule has 1 N–H and O–H groups in total. The first-order valence-corrected chi connectivity index (χ1v) is 8.54. The van der Waals surface area contributed by atoms with Gasteiger partial charge in [-0.2, -0.15) is 0 Å². The van der Waals surface area contributed by atoms with Crippen LogP contribution in [0.15, 0.2) is 11.4 Å². The Morgan fingerprint density at radius 3 is 2.62 bits per heavy atom. The lowest BCUT2D eigenvalue weighted by molar-refractivity contribution is 0.0442. The van der Waals surface area contributed by atoms with Crippen LogP contribution in [0, 0.1) is 0 Å². The maximum atomic E-state index is 11.9. The quantitative estimate of drug-likeness (QED) is 0.497. The lowest BCUT2D eigenvalue weighted by Crippen LogP contribution is -2.28. The van der Waals surface area contributed by atoms with E-state index in [-0.39, 0.29) is 11.7 Å². The van der Waals surface area contributed by atoms with Crippen LogP contribution in [0.5, 0.6) is 0 Å². The van der Waals surface area contributed by atoms with E-state index in [1.165, 1.54) is 43.9 Å². The van der Waals surface area contributed by atoms with Crippen LogP contribution in [0.25, 0.3) is 0 Å². The Hall–Kier alpha value is -1.20. The van der Waals surface area contributed by atoms with Crippen molar-refractivity contribution in [3.63, 3.8) is 0 Å². The standard InChI is InChI=1S/C16H23NO3S/c1-12(18)13-10-15(21-11-13)16(19)17-8-9-20-14-6-4-2-3-5-7-14/h10-11,14H,2-9H2,1H3,(H,17,19). The number of Topliss-reactive ketones (excluding diaryl/α,β-unsaturated/α-hetero) is 1. The van der Waals surface area contributed by atoms with Crippen LogP contribution in [0.2, 0.25) is 0 Å². The van der Waals surface area contributed by atoms with E-state index in [0.717, 1.165) is 12.8 Å².